The van der Waals surface area contributed by atoms with Gasteiger partial charge in [0.1, 0.15) is 5.41 Å². The molecule has 0 spiro atoms. The number of carbonyl (C=O) groups excluding carboxylic acids is 1. The van der Waals surface area contributed by atoms with Crippen LogP contribution in [0.25, 0.3) is 0 Å². The molecule has 2 aliphatic carbocycles. The van der Waals surface area contributed by atoms with Crippen LogP contribution in [0.5, 0.6) is 0 Å². The first-order valence-electron chi connectivity index (χ1n) is 7.20. The van der Waals surface area contributed by atoms with Crippen LogP contribution in [0.3, 0.4) is 0 Å². The summed E-state index contributed by atoms with van der Waals surface area (Å²) in [7, 11) is 0. The number of amides is 1. The van der Waals surface area contributed by atoms with E-state index in [1.165, 1.54) is 0 Å². The molecule has 0 atom stereocenters. The van der Waals surface area contributed by atoms with Crippen LogP contribution in [0, 0.1) is 22.2 Å². The lowest BCUT2D eigenvalue weighted by Gasteiger charge is -2.35. The Labute approximate surface area is 110 Å². The number of hydrogen-bond donors (Lipinski definition) is 1. The Kier molecular flexibility index (Phi) is 3.66. The van der Waals surface area contributed by atoms with Gasteiger partial charge in [0.05, 0.1) is 6.07 Å². The fourth-order valence-electron chi connectivity index (χ4n) is 3.24. The van der Waals surface area contributed by atoms with Crippen LogP contribution in [-0.4, -0.2) is 11.9 Å². The molecular formula is C15H24N2O. The average molecular weight is 248 g/mol. The molecule has 1 N–H and O–H groups in total. The molecule has 0 radical (unpaired) electrons. The summed E-state index contributed by atoms with van der Waals surface area (Å²) in [6.45, 7) is 4.58. The smallest absolute Gasteiger partial charge is 0.240 e. The molecule has 0 heterocycles. The molecule has 2 rings (SSSR count). The predicted octanol–water partition coefficient (Wildman–Crippen LogP) is 3.16. The van der Waals surface area contributed by atoms with Gasteiger partial charge >= 0.3 is 0 Å². The molecular weight excluding hydrogens is 224 g/mol. The second kappa shape index (κ2) is 4.91. The first-order valence-corrected chi connectivity index (χ1v) is 7.20. The van der Waals surface area contributed by atoms with Crippen molar-refractivity contribution in [2.45, 2.75) is 71.3 Å². The predicted molar refractivity (Wildman–Crippen MR) is 70.7 cm³/mol. The van der Waals surface area contributed by atoms with Gasteiger partial charge in [-0.05, 0) is 43.9 Å². The van der Waals surface area contributed by atoms with E-state index in [-0.39, 0.29) is 11.9 Å². The van der Waals surface area contributed by atoms with Crippen molar-refractivity contribution in [1.82, 2.24) is 5.32 Å². The second-order valence-electron chi connectivity index (χ2n) is 6.81. The minimum absolute atomic E-state index is 0.00722. The van der Waals surface area contributed by atoms with E-state index in [1.54, 1.807) is 0 Å². The summed E-state index contributed by atoms with van der Waals surface area (Å²) in [5.41, 5.74) is -0.297. The summed E-state index contributed by atoms with van der Waals surface area (Å²) in [6, 6.07) is 2.56. The number of carbonyl (C=O) groups is 1. The van der Waals surface area contributed by atoms with Gasteiger partial charge in [0.2, 0.25) is 5.91 Å². The Bertz CT molecular complexity index is 351. The van der Waals surface area contributed by atoms with Crippen LogP contribution in [-0.2, 0) is 4.79 Å². The van der Waals surface area contributed by atoms with E-state index in [4.69, 9.17) is 0 Å². The van der Waals surface area contributed by atoms with Gasteiger partial charge in [-0.2, -0.15) is 5.26 Å². The zero-order valence-corrected chi connectivity index (χ0v) is 11.6. The van der Waals surface area contributed by atoms with Gasteiger partial charge in [-0.3, -0.25) is 4.79 Å². The standard InChI is InChI=1S/C15H24N2O/c1-14(2)9-5-12(6-10-14)17-13(18)15(11-16)7-3-4-8-15/h12H,3-10H2,1-2H3,(H,17,18). The normalized spacial score (nSPS) is 26.5. The van der Waals surface area contributed by atoms with E-state index in [2.05, 4.69) is 25.2 Å². The van der Waals surface area contributed by atoms with Crippen molar-refractivity contribution in [3.63, 3.8) is 0 Å². The summed E-state index contributed by atoms with van der Waals surface area (Å²) in [5, 5.41) is 12.4. The molecule has 2 saturated carbocycles. The fourth-order valence-corrected chi connectivity index (χ4v) is 3.24. The van der Waals surface area contributed by atoms with Crippen molar-refractivity contribution in [2.75, 3.05) is 0 Å². The summed E-state index contributed by atoms with van der Waals surface area (Å²) in [5.74, 6) is -0.00722. The van der Waals surface area contributed by atoms with Crippen LogP contribution < -0.4 is 5.32 Å². The number of rotatable bonds is 2. The minimum Gasteiger partial charge on any atom is -0.352 e. The van der Waals surface area contributed by atoms with E-state index in [0.717, 1.165) is 51.4 Å². The average Bonchev–Trinajstić information content (AvgIpc) is 2.82. The van der Waals surface area contributed by atoms with Crippen molar-refractivity contribution in [3.8, 4) is 6.07 Å². The molecule has 0 bridgehead atoms. The summed E-state index contributed by atoms with van der Waals surface area (Å²) < 4.78 is 0. The molecule has 0 unspecified atom stereocenters. The Morgan fingerprint density at radius 2 is 1.72 bits per heavy atom. The SMILES string of the molecule is CC1(C)CCC(NC(=O)C2(C#N)CCCC2)CC1. The molecule has 0 aromatic rings. The Hall–Kier alpha value is -1.04. The third-order valence-electron chi connectivity index (χ3n) is 4.78. The van der Waals surface area contributed by atoms with Crippen molar-refractivity contribution < 1.29 is 4.79 Å². The Morgan fingerprint density at radius 1 is 1.17 bits per heavy atom. The third-order valence-corrected chi connectivity index (χ3v) is 4.78. The molecule has 0 saturated heterocycles. The van der Waals surface area contributed by atoms with E-state index in [0.29, 0.717) is 5.41 Å². The van der Waals surface area contributed by atoms with Gasteiger partial charge in [-0.1, -0.05) is 26.7 Å². The van der Waals surface area contributed by atoms with Crippen molar-refractivity contribution in [2.24, 2.45) is 10.8 Å². The van der Waals surface area contributed by atoms with Crippen LogP contribution >= 0.6 is 0 Å². The second-order valence-corrected chi connectivity index (χ2v) is 6.81. The largest absolute Gasteiger partial charge is 0.352 e. The van der Waals surface area contributed by atoms with Crippen molar-refractivity contribution in [1.29, 1.82) is 5.26 Å². The molecule has 0 aromatic carbocycles. The zero-order chi connectivity index (χ0) is 13.2. The van der Waals surface area contributed by atoms with E-state index in [9.17, 15) is 10.1 Å². The molecule has 2 aliphatic rings. The first kappa shape index (κ1) is 13.4. The number of nitriles is 1. The van der Waals surface area contributed by atoms with E-state index >= 15 is 0 Å². The van der Waals surface area contributed by atoms with Gasteiger partial charge in [0.15, 0.2) is 0 Å². The van der Waals surface area contributed by atoms with Crippen molar-refractivity contribution >= 4 is 5.91 Å². The summed E-state index contributed by atoms with van der Waals surface area (Å²) in [4.78, 5) is 12.3. The summed E-state index contributed by atoms with van der Waals surface area (Å²) in [6.07, 6.45) is 7.95. The molecule has 18 heavy (non-hydrogen) atoms. The maximum atomic E-state index is 12.3. The molecule has 0 aliphatic heterocycles. The Morgan fingerprint density at radius 3 is 2.22 bits per heavy atom. The van der Waals surface area contributed by atoms with Gasteiger partial charge in [-0.25, -0.2) is 0 Å². The maximum absolute atomic E-state index is 12.3. The molecule has 0 aromatic heterocycles. The van der Waals surface area contributed by atoms with Crippen LogP contribution in [0.2, 0.25) is 0 Å². The van der Waals surface area contributed by atoms with E-state index < -0.39 is 5.41 Å². The van der Waals surface area contributed by atoms with Crippen LogP contribution in [0.1, 0.15) is 65.2 Å². The fraction of sp³-hybridized carbons (Fsp3) is 0.867. The topological polar surface area (TPSA) is 52.9 Å². The highest BCUT2D eigenvalue weighted by Gasteiger charge is 2.42. The van der Waals surface area contributed by atoms with Crippen molar-refractivity contribution in [3.05, 3.63) is 0 Å². The molecule has 3 nitrogen and oxygen atoms in total. The zero-order valence-electron chi connectivity index (χ0n) is 11.6. The molecule has 1 amide bonds. The number of nitrogens with one attached hydrogen (secondary N) is 1. The lowest BCUT2D eigenvalue weighted by atomic mass is 9.75. The molecule has 2 fully saturated rings. The number of nitrogens with zero attached hydrogens (tertiary/aromatic N) is 1. The highest BCUT2D eigenvalue weighted by molar-refractivity contribution is 5.85. The monoisotopic (exact) mass is 248 g/mol. The lowest BCUT2D eigenvalue weighted by Crippen LogP contribution is -2.45. The van der Waals surface area contributed by atoms with Gasteiger partial charge in [0.25, 0.3) is 0 Å². The van der Waals surface area contributed by atoms with Gasteiger partial charge in [-0.15, -0.1) is 0 Å². The third kappa shape index (κ3) is 2.68. The lowest BCUT2D eigenvalue weighted by molar-refractivity contribution is -0.129. The first-order chi connectivity index (χ1) is 8.47. The van der Waals surface area contributed by atoms with E-state index in [1.807, 2.05) is 0 Å². The minimum atomic E-state index is -0.715. The molecule has 100 valence electrons. The van der Waals surface area contributed by atoms with Crippen LogP contribution in [0.4, 0.5) is 0 Å². The van der Waals surface area contributed by atoms with Gasteiger partial charge < -0.3 is 5.32 Å². The highest BCUT2D eigenvalue weighted by Crippen LogP contribution is 2.39. The van der Waals surface area contributed by atoms with Gasteiger partial charge in [0, 0.05) is 6.04 Å². The maximum Gasteiger partial charge on any atom is 0.240 e. The molecule has 3 heteroatoms. The number of hydrogen-bond acceptors (Lipinski definition) is 2. The highest BCUT2D eigenvalue weighted by atomic mass is 16.2. The Balaban J connectivity index is 1.91. The summed E-state index contributed by atoms with van der Waals surface area (Å²) >= 11 is 0. The van der Waals surface area contributed by atoms with Crippen LogP contribution in [0.15, 0.2) is 0 Å². The quantitative estimate of drug-likeness (QED) is 0.816.